The molecule has 0 saturated carbocycles. The molecule has 0 radical (unpaired) electrons. The van der Waals surface area contributed by atoms with Crippen molar-refractivity contribution in [2.75, 3.05) is 6.61 Å². The minimum Gasteiger partial charge on any atom is -0.465 e. The first-order valence-electron chi connectivity index (χ1n) is 11.5. The Balaban J connectivity index is 3.85. The Hall–Kier alpha value is -0.530. The molecule has 2 nitrogen and oxygen atoms in total. The van der Waals surface area contributed by atoms with E-state index in [1.807, 2.05) is 0 Å². The lowest BCUT2D eigenvalue weighted by atomic mass is 9.89. The van der Waals surface area contributed by atoms with Gasteiger partial charge in [0.2, 0.25) is 0 Å². The van der Waals surface area contributed by atoms with Crippen molar-refractivity contribution < 1.29 is 9.53 Å². The molecule has 156 valence electrons. The van der Waals surface area contributed by atoms with E-state index in [4.69, 9.17) is 4.74 Å². The van der Waals surface area contributed by atoms with Gasteiger partial charge in [-0.25, -0.2) is 0 Å². The Morgan fingerprint density at radius 2 is 1.19 bits per heavy atom. The van der Waals surface area contributed by atoms with Gasteiger partial charge in [-0.05, 0) is 17.8 Å². The zero-order chi connectivity index (χ0) is 19.7. The molecule has 0 amide bonds. The maximum Gasteiger partial charge on any atom is 0.305 e. The van der Waals surface area contributed by atoms with E-state index in [9.17, 15) is 4.79 Å². The van der Waals surface area contributed by atoms with Crippen LogP contribution in [-0.2, 0) is 9.53 Å². The van der Waals surface area contributed by atoms with E-state index in [1.165, 1.54) is 83.5 Å². The number of hydrogen-bond donors (Lipinski definition) is 0. The third-order valence-corrected chi connectivity index (χ3v) is 5.09. The summed E-state index contributed by atoms with van der Waals surface area (Å²) in [5, 5.41) is 0. The van der Waals surface area contributed by atoms with E-state index in [0.29, 0.717) is 13.0 Å². The van der Waals surface area contributed by atoms with Crippen molar-refractivity contribution in [1.29, 1.82) is 0 Å². The molecule has 0 aliphatic rings. The van der Waals surface area contributed by atoms with Crippen molar-refractivity contribution >= 4 is 5.97 Å². The summed E-state index contributed by atoms with van der Waals surface area (Å²) >= 11 is 0. The SMILES string of the molecule is CCCCCCC(CCCCCC)CCCCCC(=O)OCC(C)(C)C. The number of unbranched alkanes of at least 4 members (excludes halogenated alkanes) is 8. The van der Waals surface area contributed by atoms with Crippen LogP contribution in [0.5, 0.6) is 0 Å². The molecule has 0 aliphatic carbocycles. The van der Waals surface area contributed by atoms with Gasteiger partial charge in [0.1, 0.15) is 0 Å². The van der Waals surface area contributed by atoms with Gasteiger partial charge >= 0.3 is 5.97 Å². The van der Waals surface area contributed by atoms with Crippen molar-refractivity contribution in [2.24, 2.45) is 11.3 Å². The maximum absolute atomic E-state index is 11.8. The fraction of sp³-hybridized carbons (Fsp3) is 0.958. The standard InChI is InChI=1S/C24H48O2/c1-6-8-10-13-17-22(18-14-11-9-7-2)19-15-12-16-20-23(25)26-21-24(3,4)5/h22H,6-21H2,1-5H3. The summed E-state index contributed by atoms with van der Waals surface area (Å²) in [5.41, 5.74) is 0.0679. The second-order valence-corrected chi connectivity index (χ2v) is 9.39. The quantitative estimate of drug-likeness (QED) is 0.191. The molecule has 0 fully saturated rings. The van der Waals surface area contributed by atoms with Crippen LogP contribution < -0.4 is 0 Å². The molecule has 0 rings (SSSR count). The molecule has 0 atom stereocenters. The first-order valence-corrected chi connectivity index (χ1v) is 11.5. The van der Waals surface area contributed by atoms with Crippen LogP contribution in [0.15, 0.2) is 0 Å². The van der Waals surface area contributed by atoms with Crippen LogP contribution in [0.2, 0.25) is 0 Å². The number of hydrogen-bond acceptors (Lipinski definition) is 2. The predicted octanol–water partition coefficient (Wildman–Crippen LogP) is 8.08. The average molecular weight is 369 g/mol. The molecule has 0 spiro atoms. The Morgan fingerprint density at radius 1 is 0.731 bits per heavy atom. The van der Waals surface area contributed by atoms with Crippen molar-refractivity contribution in [2.45, 2.75) is 131 Å². The summed E-state index contributed by atoms with van der Waals surface area (Å²) in [5.74, 6) is 0.896. The van der Waals surface area contributed by atoms with Gasteiger partial charge in [0, 0.05) is 6.42 Å². The smallest absolute Gasteiger partial charge is 0.305 e. The maximum atomic E-state index is 11.8. The Bertz CT molecular complexity index is 305. The Labute approximate surface area is 164 Å². The van der Waals surface area contributed by atoms with Gasteiger partial charge in [0.05, 0.1) is 6.61 Å². The van der Waals surface area contributed by atoms with Gasteiger partial charge in [0.25, 0.3) is 0 Å². The lowest BCUT2D eigenvalue weighted by Gasteiger charge is -2.18. The third kappa shape index (κ3) is 18.3. The molecule has 0 N–H and O–H groups in total. The topological polar surface area (TPSA) is 26.3 Å². The van der Waals surface area contributed by atoms with Gasteiger partial charge in [-0.3, -0.25) is 4.79 Å². The van der Waals surface area contributed by atoms with Crippen molar-refractivity contribution in [3.05, 3.63) is 0 Å². The molecule has 0 bridgehead atoms. The van der Waals surface area contributed by atoms with Crippen molar-refractivity contribution in [1.82, 2.24) is 0 Å². The van der Waals surface area contributed by atoms with Gasteiger partial charge in [-0.2, -0.15) is 0 Å². The van der Waals surface area contributed by atoms with E-state index in [-0.39, 0.29) is 11.4 Å². The second kappa shape index (κ2) is 16.6. The molecule has 0 aromatic carbocycles. The Kier molecular flexibility index (Phi) is 16.3. The number of rotatable bonds is 17. The molecular formula is C24H48O2. The zero-order valence-electron chi connectivity index (χ0n) is 18.7. The molecule has 2 heteroatoms. The molecule has 0 heterocycles. The minimum absolute atomic E-state index is 0.0180. The van der Waals surface area contributed by atoms with Crippen LogP contribution in [0.4, 0.5) is 0 Å². The van der Waals surface area contributed by atoms with Crippen LogP contribution >= 0.6 is 0 Å². The highest BCUT2D eigenvalue weighted by Crippen LogP contribution is 2.24. The number of carbonyl (C=O) groups excluding carboxylic acids is 1. The lowest BCUT2D eigenvalue weighted by Crippen LogP contribution is -2.18. The summed E-state index contributed by atoms with van der Waals surface area (Å²) in [6, 6.07) is 0. The van der Waals surface area contributed by atoms with E-state index in [2.05, 4.69) is 34.6 Å². The van der Waals surface area contributed by atoms with E-state index >= 15 is 0 Å². The normalized spacial score (nSPS) is 11.9. The Morgan fingerprint density at radius 3 is 1.62 bits per heavy atom. The fourth-order valence-corrected chi connectivity index (χ4v) is 3.40. The average Bonchev–Trinajstić information content (AvgIpc) is 2.59. The number of carbonyl (C=O) groups is 1. The van der Waals surface area contributed by atoms with E-state index in [1.54, 1.807) is 0 Å². The zero-order valence-corrected chi connectivity index (χ0v) is 18.7. The van der Waals surface area contributed by atoms with Crippen LogP contribution in [0.1, 0.15) is 131 Å². The van der Waals surface area contributed by atoms with Crippen LogP contribution in [-0.4, -0.2) is 12.6 Å². The fourth-order valence-electron chi connectivity index (χ4n) is 3.40. The highest BCUT2D eigenvalue weighted by atomic mass is 16.5. The third-order valence-electron chi connectivity index (χ3n) is 5.09. The highest BCUT2D eigenvalue weighted by Gasteiger charge is 2.13. The van der Waals surface area contributed by atoms with Crippen molar-refractivity contribution in [3.63, 3.8) is 0 Å². The van der Waals surface area contributed by atoms with Crippen LogP contribution in [0.25, 0.3) is 0 Å². The largest absolute Gasteiger partial charge is 0.465 e. The predicted molar refractivity (Wildman–Crippen MR) is 115 cm³/mol. The summed E-state index contributed by atoms with van der Waals surface area (Å²) in [6.45, 7) is 11.4. The number of esters is 1. The molecule has 26 heavy (non-hydrogen) atoms. The highest BCUT2D eigenvalue weighted by molar-refractivity contribution is 5.69. The summed E-state index contributed by atoms with van der Waals surface area (Å²) in [4.78, 5) is 11.8. The van der Waals surface area contributed by atoms with E-state index in [0.717, 1.165) is 12.3 Å². The summed E-state index contributed by atoms with van der Waals surface area (Å²) in [7, 11) is 0. The second-order valence-electron chi connectivity index (χ2n) is 9.39. The van der Waals surface area contributed by atoms with Crippen LogP contribution in [0.3, 0.4) is 0 Å². The van der Waals surface area contributed by atoms with E-state index < -0.39 is 0 Å². The number of ether oxygens (including phenoxy) is 1. The monoisotopic (exact) mass is 368 g/mol. The summed E-state index contributed by atoms with van der Waals surface area (Å²) in [6.07, 6.45) is 19.3. The molecule has 0 aromatic rings. The van der Waals surface area contributed by atoms with Gasteiger partial charge < -0.3 is 4.74 Å². The van der Waals surface area contributed by atoms with Gasteiger partial charge in [-0.1, -0.05) is 118 Å². The molecule has 0 aliphatic heterocycles. The van der Waals surface area contributed by atoms with Crippen molar-refractivity contribution in [3.8, 4) is 0 Å². The molecular weight excluding hydrogens is 320 g/mol. The lowest BCUT2D eigenvalue weighted by molar-refractivity contribution is -0.146. The minimum atomic E-state index is -0.0180. The summed E-state index contributed by atoms with van der Waals surface area (Å²) < 4.78 is 5.35. The van der Waals surface area contributed by atoms with Gasteiger partial charge in [0.15, 0.2) is 0 Å². The molecule has 0 saturated heterocycles. The first-order chi connectivity index (χ1) is 12.4. The molecule has 0 unspecified atom stereocenters. The van der Waals surface area contributed by atoms with Gasteiger partial charge in [-0.15, -0.1) is 0 Å². The van der Waals surface area contributed by atoms with Crippen LogP contribution in [0, 0.1) is 11.3 Å². The molecule has 0 aromatic heterocycles. The first kappa shape index (κ1) is 25.5.